The Morgan fingerprint density at radius 2 is 2.20 bits per heavy atom. The average molecular weight is 204 g/mol. The average Bonchev–Trinajstić information content (AvgIpc) is 2.20. The number of rotatable bonds is 4. The quantitative estimate of drug-likeness (QED) is 0.707. The van der Waals surface area contributed by atoms with Gasteiger partial charge in [0.25, 0.3) is 0 Å². The van der Waals surface area contributed by atoms with Gasteiger partial charge in [-0.2, -0.15) is 0 Å². The molecule has 0 saturated heterocycles. The Kier molecular flexibility index (Phi) is 3.02. The summed E-state index contributed by atoms with van der Waals surface area (Å²) in [5, 5.41) is 5.93. The largest absolute Gasteiger partial charge is 0.354 e. The summed E-state index contributed by atoms with van der Waals surface area (Å²) in [6, 6.07) is 8.15. The van der Waals surface area contributed by atoms with E-state index in [0.29, 0.717) is 6.54 Å². The molecule has 0 aromatic heterocycles. The third-order valence-electron chi connectivity index (χ3n) is 2.85. The Hall–Kier alpha value is -1.35. The normalized spacial score (nSPS) is 17.8. The Morgan fingerprint density at radius 3 is 2.93 bits per heavy atom. The van der Waals surface area contributed by atoms with Crippen LogP contribution in [0.1, 0.15) is 17.0 Å². The molecule has 1 aliphatic rings. The van der Waals surface area contributed by atoms with Gasteiger partial charge in [-0.15, -0.1) is 0 Å². The smallest absolute Gasteiger partial charge is 0.227 e. The van der Waals surface area contributed by atoms with Crippen LogP contribution < -0.4 is 10.6 Å². The van der Waals surface area contributed by atoms with Crippen molar-refractivity contribution in [3.05, 3.63) is 35.4 Å². The van der Waals surface area contributed by atoms with Crippen LogP contribution in [-0.4, -0.2) is 26.0 Å². The predicted molar refractivity (Wildman–Crippen MR) is 59.8 cm³/mol. The van der Waals surface area contributed by atoms with Gasteiger partial charge < -0.3 is 10.6 Å². The molecule has 1 atom stereocenters. The van der Waals surface area contributed by atoms with E-state index in [9.17, 15) is 4.79 Å². The van der Waals surface area contributed by atoms with E-state index in [1.807, 2.05) is 25.2 Å². The number of hydrogen-bond donors (Lipinski definition) is 2. The second-order valence-corrected chi connectivity index (χ2v) is 3.85. The lowest BCUT2D eigenvalue weighted by atomic mass is 9.77. The highest BCUT2D eigenvalue weighted by Gasteiger charge is 2.31. The van der Waals surface area contributed by atoms with Crippen LogP contribution in [0, 0.1) is 0 Å². The van der Waals surface area contributed by atoms with Crippen molar-refractivity contribution in [1.29, 1.82) is 0 Å². The van der Waals surface area contributed by atoms with Crippen molar-refractivity contribution in [3.63, 3.8) is 0 Å². The summed E-state index contributed by atoms with van der Waals surface area (Å²) < 4.78 is 0. The Bertz CT molecular complexity index is 362. The number of benzene rings is 1. The Balaban J connectivity index is 1.90. The molecule has 1 aromatic rings. The predicted octanol–water partition coefficient (Wildman–Crippen LogP) is 0.662. The molecule has 1 unspecified atom stereocenters. The fourth-order valence-electron chi connectivity index (χ4n) is 1.93. The fraction of sp³-hybridized carbons (Fsp3) is 0.417. The summed E-state index contributed by atoms with van der Waals surface area (Å²) in [5.74, 6) is 0.238. The highest BCUT2D eigenvalue weighted by Crippen LogP contribution is 2.34. The van der Waals surface area contributed by atoms with E-state index in [-0.39, 0.29) is 11.8 Å². The van der Waals surface area contributed by atoms with Gasteiger partial charge in [0.1, 0.15) is 0 Å². The van der Waals surface area contributed by atoms with Crippen molar-refractivity contribution in [2.24, 2.45) is 0 Å². The molecule has 15 heavy (non-hydrogen) atoms. The molecule has 0 spiro atoms. The van der Waals surface area contributed by atoms with Gasteiger partial charge in [0, 0.05) is 13.1 Å². The first kappa shape index (κ1) is 10.2. The lowest BCUT2D eigenvalue weighted by Gasteiger charge is -2.28. The van der Waals surface area contributed by atoms with Crippen LogP contribution in [0.3, 0.4) is 0 Å². The second-order valence-electron chi connectivity index (χ2n) is 3.85. The van der Waals surface area contributed by atoms with E-state index in [1.165, 1.54) is 11.1 Å². The van der Waals surface area contributed by atoms with E-state index in [4.69, 9.17) is 0 Å². The molecule has 0 bridgehead atoms. The number of nitrogens with one attached hydrogen (secondary N) is 2. The van der Waals surface area contributed by atoms with Gasteiger partial charge in [0.2, 0.25) is 5.91 Å². The molecule has 1 aromatic carbocycles. The van der Waals surface area contributed by atoms with E-state index >= 15 is 0 Å². The van der Waals surface area contributed by atoms with Gasteiger partial charge in [-0.05, 0) is 24.6 Å². The van der Waals surface area contributed by atoms with Gasteiger partial charge >= 0.3 is 0 Å². The Labute approximate surface area is 89.9 Å². The minimum Gasteiger partial charge on any atom is -0.354 e. The molecule has 0 aliphatic heterocycles. The summed E-state index contributed by atoms with van der Waals surface area (Å²) in [5.41, 5.74) is 2.51. The summed E-state index contributed by atoms with van der Waals surface area (Å²) in [6.07, 6.45) is 0.890. The molecule has 3 nitrogen and oxygen atoms in total. The molecule has 1 aliphatic carbocycles. The van der Waals surface area contributed by atoms with Crippen molar-refractivity contribution in [2.45, 2.75) is 12.3 Å². The van der Waals surface area contributed by atoms with Crippen molar-refractivity contribution >= 4 is 5.91 Å². The Morgan fingerprint density at radius 1 is 1.40 bits per heavy atom. The van der Waals surface area contributed by atoms with E-state index < -0.39 is 0 Å². The maximum Gasteiger partial charge on any atom is 0.227 e. The van der Waals surface area contributed by atoms with Crippen molar-refractivity contribution in [2.75, 3.05) is 20.1 Å². The van der Waals surface area contributed by atoms with Crippen molar-refractivity contribution in [3.8, 4) is 0 Å². The van der Waals surface area contributed by atoms with E-state index in [1.54, 1.807) is 0 Å². The highest BCUT2D eigenvalue weighted by atomic mass is 16.1. The molecular weight excluding hydrogens is 188 g/mol. The van der Waals surface area contributed by atoms with Crippen LogP contribution in [0.25, 0.3) is 0 Å². The SMILES string of the molecule is CNCCNC(=O)C1Cc2ccccc21. The van der Waals surface area contributed by atoms with Crippen LogP contribution in [0.4, 0.5) is 0 Å². The van der Waals surface area contributed by atoms with Gasteiger partial charge in [-0.1, -0.05) is 24.3 Å². The molecule has 80 valence electrons. The lowest BCUT2D eigenvalue weighted by molar-refractivity contribution is -0.123. The zero-order chi connectivity index (χ0) is 10.7. The molecule has 0 heterocycles. The summed E-state index contributed by atoms with van der Waals surface area (Å²) in [4.78, 5) is 11.7. The first-order valence-electron chi connectivity index (χ1n) is 5.33. The molecule has 2 N–H and O–H groups in total. The zero-order valence-corrected chi connectivity index (χ0v) is 8.92. The summed E-state index contributed by atoms with van der Waals surface area (Å²) in [6.45, 7) is 1.52. The number of likely N-dealkylation sites (N-methyl/N-ethyl adjacent to an activating group) is 1. The lowest BCUT2D eigenvalue weighted by Crippen LogP contribution is -2.38. The molecule has 0 saturated carbocycles. The number of amides is 1. The number of carbonyl (C=O) groups excluding carboxylic acids is 1. The van der Waals surface area contributed by atoms with Gasteiger partial charge in [0.05, 0.1) is 5.92 Å². The molecule has 2 rings (SSSR count). The minimum atomic E-state index is 0.0815. The van der Waals surface area contributed by atoms with Gasteiger partial charge in [0.15, 0.2) is 0 Å². The van der Waals surface area contributed by atoms with Crippen LogP contribution in [0.5, 0.6) is 0 Å². The third kappa shape index (κ3) is 2.02. The number of fused-ring (bicyclic) bond motifs is 1. The molecule has 0 fully saturated rings. The van der Waals surface area contributed by atoms with Crippen LogP contribution in [0.2, 0.25) is 0 Å². The molecule has 3 heteroatoms. The van der Waals surface area contributed by atoms with E-state index in [2.05, 4.69) is 16.7 Å². The van der Waals surface area contributed by atoms with Crippen LogP contribution in [0.15, 0.2) is 24.3 Å². The monoisotopic (exact) mass is 204 g/mol. The molecular formula is C12H16N2O. The number of carbonyl (C=O) groups is 1. The zero-order valence-electron chi connectivity index (χ0n) is 8.92. The van der Waals surface area contributed by atoms with Crippen LogP contribution in [-0.2, 0) is 11.2 Å². The molecule has 1 amide bonds. The summed E-state index contributed by atoms with van der Waals surface area (Å²) >= 11 is 0. The minimum absolute atomic E-state index is 0.0815. The van der Waals surface area contributed by atoms with Crippen LogP contribution >= 0.6 is 0 Å². The van der Waals surface area contributed by atoms with Gasteiger partial charge in [-0.3, -0.25) is 4.79 Å². The maximum atomic E-state index is 11.7. The topological polar surface area (TPSA) is 41.1 Å². The first-order valence-corrected chi connectivity index (χ1v) is 5.33. The first-order chi connectivity index (χ1) is 7.33. The maximum absolute atomic E-state index is 11.7. The highest BCUT2D eigenvalue weighted by molar-refractivity contribution is 5.86. The third-order valence-corrected chi connectivity index (χ3v) is 2.85. The van der Waals surface area contributed by atoms with Crippen molar-refractivity contribution in [1.82, 2.24) is 10.6 Å². The van der Waals surface area contributed by atoms with Gasteiger partial charge in [-0.25, -0.2) is 0 Å². The standard InChI is InChI=1S/C12H16N2O/c1-13-6-7-14-12(15)11-8-9-4-2-3-5-10(9)11/h2-5,11,13H,6-8H2,1H3,(H,14,15). The summed E-state index contributed by atoms with van der Waals surface area (Å²) in [7, 11) is 1.88. The van der Waals surface area contributed by atoms with E-state index in [0.717, 1.165) is 13.0 Å². The van der Waals surface area contributed by atoms with Crippen molar-refractivity contribution < 1.29 is 4.79 Å². The fourth-order valence-corrected chi connectivity index (χ4v) is 1.93. The molecule has 0 radical (unpaired) electrons. The number of hydrogen-bond acceptors (Lipinski definition) is 2. The second kappa shape index (κ2) is 4.45.